The Bertz CT molecular complexity index is 1420. The molecule has 202 valence electrons. The number of methoxy groups -OCH3 is 2. The lowest BCUT2D eigenvalue weighted by Gasteiger charge is -2.18. The summed E-state index contributed by atoms with van der Waals surface area (Å²) in [7, 11) is 3.11. The van der Waals surface area contributed by atoms with Crippen molar-refractivity contribution >= 4 is 46.4 Å². The number of hydrogen-bond donors (Lipinski definition) is 0. The summed E-state index contributed by atoms with van der Waals surface area (Å²) in [6.07, 6.45) is 3.18. The minimum atomic E-state index is -0.458. The van der Waals surface area contributed by atoms with E-state index in [1.165, 1.54) is 9.69 Å². The van der Waals surface area contributed by atoms with E-state index >= 15 is 0 Å². The third-order valence-electron chi connectivity index (χ3n) is 5.85. The number of thioether (sulfide) groups is 1. The molecule has 0 aliphatic carbocycles. The van der Waals surface area contributed by atoms with E-state index in [0.717, 1.165) is 11.8 Å². The van der Waals surface area contributed by atoms with Crippen LogP contribution in [0, 0.1) is 0 Å². The number of anilines is 1. The maximum absolute atomic E-state index is 13.5. The Hall–Kier alpha value is -4.36. The summed E-state index contributed by atoms with van der Waals surface area (Å²) in [5, 5.41) is 18.9. The van der Waals surface area contributed by atoms with Crippen molar-refractivity contribution in [2.75, 3.05) is 56.2 Å². The van der Waals surface area contributed by atoms with Gasteiger partial charge in [-0.05, 0) is 42.3 Å². The molecule has 1 saturated heterocycles. The summed E-state index contributed by atoms with van der Waals surface area (Å²) < 4.78 is 21.3. The molecule has 1 fully saturated rings. The average Bonchev–Trinajstić information content (AvgIpc) is 3.56. The van der Waals surface area contributed by atoms with Crippen molar-refractivity contribution in [3.05, 3.63) is 66.0 Å². The summed E-state index contributed by atoms with van der Waals surface area (Å²) in [5.74, 6) is 0.404. The predicted molar refractivity (Wildman–Crippen MR) is 144 cm³/mol. The third kappa shape index (κ3) is 6.04. The van der Waals surface area contributed by atoms with Crippen LogP contribution in [-0.4, -0.2) is 68.5 Å². The maximum atomic E-state index is 13.5. The van der Waals surface area contributed by atoms with Crippen molar-refractivity contribution < 1.29 is 33.4 Å². The Kier molecular flexibility index (Phi) is 8.08. The zero-order chi connectivity index (χ0) is 27.2. The molecule has 2 aliphatic heterocycles. The number of aliphatic imine (C=N–C) groups is 2. The second kappa shape index (κ2) is 12.0. The van der Waals surface area contributed by atoms with Crippen molar-refractivity contribution in [1.82, 2.24) is 5.27 Å². The number of para-hydroxylation sites is 1. The smallest absolute Gasteiger partial charge is 0.324 e. The number of amidine groups is 1. The highest BCUT2D eigenvalue weighted by Gasteiger charge is 2.32. The molecule has 0 bridgehead atoms. The quantitative estimate of drug-likeness (QED) is 0.177. The zero-order valence-electron chi connectivity index (χ0n) is 21.4. The summed E-state index contributed by atoms with van der Waals surface area (Å²) in [4.78, 5) is 25.0. The first kappa shape index (κ1) is 26.3. The number of rotatable bonds is 8. The van der Waals surface area contributed by atoms with Crippen molar-refractivity contribution in [3.8, 4) is 11.5 Å². The fourth-order valence-electron chi connectivity index (χ4n) is 3.95. The van der Waals surface area contributed by atoms with Crippen LogP contribution in [0.4, 0.5) is 11.6 Å². The first-order chi connectivity index (χ1) is 19.1. The molecule has 0 saturated carbocycles. The Balaban J connectivity index is 1.37. The summed E-state index contributed by atoms with van der Waals surface area (Å²) >= 11 is 1.10. The second-order valence-electron chi connectivity index (χ2n) is 8.33. The van der Waals surface area contributed by atoms with Crippen LogP contribution in [0.25, 0.3) is 6.08 Å². The van der Waals surface area contributed by atoms with Crippen molar-refractivity contribution in [1.29, 1.82) is 0 Å². The van der Waals surface area contributed by atoms with E-state index in [9.17, 15) is 9.90 Å². The van der Waals surface area contributed by atoms with Gasteiger partial charge in [-0.1, -0.05) is 30.0 Å². The number of ether oxygens (including phenoxy) is 3. The van der Waals surface area contributed by atoms with Crippen LogP contribution in [0.3, 0.4) is 0 Å². The van der Waals surface area contributed by atoms with Gasteiger partial charge in [0.1, 0.15) is 17.2 Å². The zero-order valence-corrected chi connectivity index (χ0v) is 22.2. The Morgan fingerprint density at radius 3 is 2.72 bits per heavy atom. The standard InChI is InChI=1S/C26H26N6O6S/c1-35-20-8-9-22(36-2)18(14-20)15-21-25(34)32(19-6-4-3-5-7-19)26(27-21)39-17-23(33)28-24-16-31(29-38-24)30-10-12-37-13-11-30/h3-9,14-16H,10-13,17H2,1-2H3/b21-15+. The van der Waals surface area contributed by atoms with Crippen molar-refractivity contribution in [2.24, 2.45) is 9.98 Å². The Morgan fingerprint density at radius 2 is 1.97 bits per heavy atom. The topological polar surface area (TPSA) is 129 Å². The van der Waals surface area contributed by atoms with Gasteiger partial charge in [-0.15, -0.1) is 5.01 Å². The molecule has 0 N–H and O–H groups in total. The highest BCUT2D eigenvalue weighted by molar-refractivity contribution is 8.14. The van der Waals surface area contributed by atoms with Crippen LogP contribution < -0.4 is 29.3 Å². The highest BCUT2D eigenvalue weighted by Crippen LogP contribution is 2.32. The van der Waals surface area contributed by atoms with E-state index in [2.05, 4.69) is 15.3 Å². The summed E-state index contributed by atoms with van der Waals surface area (Å²) in [6, 6.07) is 14.4. The molecule has 2 aliphatic rings. The number of morpholine rings is 1. The van der Waals surface area contributed by atoms with E-state index < -0.39 is 5.90 Å². The van der Waals surface area contributed by atoms with Crippen LogP contribution in [0.15, 0.2) is 74.9 Å². The lowest BCUT2D eigenvalue weighted by molar-refractivity contribution is -0.759. The third-order valence-corrected chi connectivity index (χ3v) is 6.78. The van der Waals surface area contributed by atoms with Crippen molar-refractivity contribution in [3.63, 3.8) is 0 Å². The van der Waals surface area contributed by atoms with Crippen LogP contribution in [-0.2, 0) is 9.53 Å². The molecule has 13 heteroatoms. The minimum absolute atomic E-state index is 0.0660. The summed E-state index contributed by atoms with van der Waals surface area (Å²) in [5.41, 5.74) is 1.45. The van der Waals surface area contributed by atoms with Gasteiger partial charge in [0, 0.05) is 11.3 Å². The van der Waals surface area contributed by atoms with E-state index in [1.54, 1.807) is 56.8 Å². The van der Waals surface area contributed by atoms with Gasteiger partial charge in [-0.2, -0.15) is 0 Å². The summed E-state index contributed by atoms with van der Waals surface area (Å²) in [6.45, 7) is 2.48. The first-order valence-electron chi connectivity index (χ1n) is 12.1. The van der Waals surface area contributed by atoms with E-state index in [0.29, 0.717) is 54.2 Å². The molecular weight excluding hydrogens is 524 g/mol. The van der Waals surface area contributed by atoms with Crippen molar-refractivity contribution in [2.45, 2.75) is 0 Å². The fourth-order valence-corrected chi connectivity index (χ4v) is 4.75. The van der Waals surface area contributed by atoms with Gasteiger partial charge in [-0.3, -0.25) is 14.2 Å². The van der Waals surface area contributed by atoms with Crippen LogP contribution in [0.1, 0.15) is 5.56 Å². The number of amides is 1. The molecule has 0 unspecified atom stereocenters. The van der Waals surface area contributed by atoms with Gasteiger partial charge in [0.05, 0.1) is 51.0 Å². The van der Waals surface area contributed by atoms with Gasteiger partial charge >= 0.3 is 5.88 Å². The monoisotopic (exact) mass is 550 g/mol. The van der Waals surface area contributed by atoms with Gasteiger partial charge in [0.2, 0.25) is 5.27 Å². The van der Waals surface area contributed by atoms with Crippen LogP contribution >= 0.6 is 11.8 Å². The maximum Gasteiger partial charge on any atom is 0.324 e. The number of nitrogens with zero attached hydrogens (tertiary/aromatic N) is 6. The van der Waals surface area contributed by atoms with Crippen LogP contribution in [0.2, 0.25) is 0 Å². The normalized spacial score (nSPS) is 17.1. The number of aromatic nitrogens is 2. The molecule has 5 rings (SSSR count). The second-order valence-corrected chi connectivity index (χ2v) is 9.27. The van der Waals surface area contributed by atoms with Gasteiger partial charge in [0.25, 0.3) is 12.1 Å². The largest absolute Gasteiger partial charge is 0.861 e. The molecule has 3 aromatic rings. The number of benzene rings is 2. The number of carbonyl (C=O) groups is 1. The van der Waals surface area contributed by atoms with E-state index in [4.69, 9.17) is 18.7 Å². The van der Waals surface area contributed by atoms with Gasteiger partial charge in [-0.25, -0.2) is 9.98 Å². The first-order valence-corrected chi connectivity index (χ1v) is 13.0. The Morgan fingerprint density at radius 1 is 1.18 bits per heavy atom. The molecule has 1 aromatic heterocycles. The SMILES string of the molecule is COc1ccc(OC)c(/C=C2/N=C(SC/C([O-])=N\c3c[n+](N4CCOCC4)no3)N(c3ccccc3)C2=O)c1. The number of carbonyl (C=O) groups excluding carboxylic acids is 1. The molecule has 0 spiro atoms. The lowest BCUT2D eigenvalue weighted by atomic mass is 10.1. The van der Waals surface area contributed by atoms with Gasteiger partial charge in [0.15, 0.2) is 5.17 Å². The van der Waals surface area contributed by atoms with Gasteiger partial charge < -0.3 is 19.3 Å². The molecule has 0 radical (unpaired) electrons. The van der Waals surface area contributed by atoms with Crippen LogP contribution in [0.5, 0.6) is 11.5 Å². The number of hydrogen-bond acceptors (Lipinski definition) is 11. The Labute approximate surface area is 228 Å². The molecule has 39 heavy (non-hydrogen) atoms. The molecule has 2 aromatic carbocycles. The highest BCUT2D eigenvalue weighted by atomic mass is 32.2. The predicted octanol–water partition coefficient (Wildman–Crippen LogP) is 1.51. The molecular formula is C26H26N6O6S. The molecule has 3 heterocycles. The lowest BCUT2D eigenvalue weighted by Crippen LogP contribution is -2.62. The van der Waals surface area contributed by atoms with E-state index in [-0.39, 0.29) is 23.2 Å². The molecule has 12 nitrogen and oxygen atoms in total. The molecule has 1 amide bonds. The molecule has 0 atom stereocenters. The fraction of sp³-hybridized carbons (Fsp3) is 0.269. The minimum Gasteiger partial charge on any atom is -0.861 e. The average molecular weight is 551 g/mol. The van der Waals surface area contributed by atoms with E-state index in [1.807, 2.05) is 23.2 Å².